The number of carbonyl (C=O) groups is 1. The molecule has 0 amide bonds. The third-order valence-corrected chi connectivity index (χ3v) is 4.00. The van der Waals surface area contributed by atoms with E-state index in [0.29, 0.717) is 41.2 Å². The highest BCUT2D eigenvalue weighted by molar-refractivity contribution is 5.78. The zero-order chi connectivity index (χ0) is 20.1. The molecule has 0 N–H and O–H groups in total. The molecule has 0 unspecified atom stereocenters. The van der Waals surface area contributed by atoms with Crippen LogP contribution in [0.25, 0.3) is 22.6 Å². The van der Waals surface area contributed by atoms with Crippen molar-refractivity contribution in [1.29, 1.82) is 0 Å². The molecule has 0 aliphatic rings. The molecule has 7 heteroatoms. The van der Waals surface area contributed by atoms with Gasteiger partial charge in [0.1, 0.15) is 17.2 Å². The molecule has 2 aromatic carbocycles. The summed E-state index contributed by atoms with van der Waals surface area (Å²) in [6.45, 7) is 1.88. The van der Waals surface area contributed by atoms with E-state index in [1.807, 2.05) is 6.92 Å². The van der Waals surface area contributed by atoms with Crippen molar-refractivity contribution in [2.45, 2.75) is 26.2 Å². The Morgan fingerprint density at radius 2 is 1.64 bits per heavy atom. The van der Waals surface area contributed by atoms with Crippen molar-refractivity contribution in [3.63, 3.8) is 0 Å². The maximum atomic E-state index is 13.2. The molecule has 0 atom stereocenters. The summed E-state index contributed by atoms with van der Waals surface area (Å²) in [5.41, 5.74) is 1.46. The zero-order valence-electron chi connectivity index (χ0n) is 15.4. The summed E-state index contributed by atoms with van der Waals surface area (Å²) in [6, 6.07) is 13.3. The average Bonchev–Trinajstić information content (AvgIpc) is 3.14. The normalized spacial score (nSPS) is 10.9. The minimum Gasteiger partial charge on any atom is -0.497 e. The summed E-state index contributed by atoms with van der Waals surface area (Å²) < 4.78 is 42.0. The first kappa shape index (κ1) is 19.5. The number of carbonyl (C=O) groups excluding carboxylic acids is 1. The van der Waals surface area contributed by atoms with Gasteiger partial charge in [0.15, 0.2) is 5.76 Å². The minimum atomic E-state index is -2.83. The lowest BCUT2D eigenvalue weighted by Crippen LogP contribution is -2.06. The van der Waals surface area contributed by atoms with E-state index in [-0.39, 0.29) is 11.7 Å². The Labute approximate surface area is 160 Å². The van der Waals surface area contributed by atoms with Crippen LogP contribution < -0.4 is 9.47 Å². The summed E-state index contributed by atoms with van der Waals surface area (Å²) in [7, 11) is 1.54. The van der Waals surface area contributed by atoms with Gasteiger partial charge in [0.05, 0.1) is 7.11 Å². The number of hydrogen-bond donors (Lipinski definition) is 0. The van der Waals surface area contributed by atoms with E-state index in [1.54, 1.807) is 55.6 Å². The number of halogens is 2. The fourth-order valence-corrected chi connectivity index (χ4v) is 2.63. The lowest BCUT2D eigenvalue weighted by atomic mass is 10.1. The first-order valence-electron chi connectivity index (χ1n) is 8.76. The second kappa shape index (κ2) is 8.65. The number of rotatable bonds is 7. The molecule has 0 saturated heterocycles. The summed E-state index contributed by atoms with van der Waals surface area (Å²) >= 11 is 0. The van der Waals surface area contributed by atoms with Crippen LogP contribution in [-0.2, 0) is 4.79 Å². The lowest BCUT2D eigenvalue weighted by Gasteiger charge is -2.06. The third-order valence-electron chi connectivity index (χ3n) is 4.00. The van der Waals surface area contributed by atoms with Gasteiger partial charge in [-0.3, -0.25) is 4.79 Å². The van der Waals surface area contributed by atoms with Crippen molar-refractivity contribution < 1.29 is 27.5 Å². The molecule has 0 fully saturated rings. The third kappa shape index (κ3) is 4.36. The number of alkyl halides is 2. The van der Waals surface area contributed by atoms with Crippen molar-refractivity contribution in [1.82, 2.24) is 4.98 Å². The van der Waals surface area contributed by atoms with Crippen LogP contribution in [0.1, 0.15) is 32.1 Å². The maximum absolute atomic E-state index is 13.2. The predicted molar refractivity (Wildman–Crippen MR) is 99.4 cm³/mol. The van der Waals surface area contributed by atoms with Crippen molar-refractivity contribution in [2.24, 2.45) is 0 Å². The maximum Gasteiger partial charge on any atom is 0.313 e. The van der Waals surface area contributed by atoms with Crippen LogP contribution in [0.2, 0.25) is 0 Å². The number of hydrogen-bond acceptors (Lipinski definition) is 5. The van der Waals surface area contributed by atoms with Gasteiger partial charge in [-0.15, -0.1) is 0 Å². The molecule has 28 heavy (non-hydrogen) atoms. The van der Waals surface area contributed by atoms with Gasteiger partial charge in [-0.1, -0.05) is 6.92 Å². The number of oxazole rings is 1. The van der Waals surface area contributed by atoms with Gasteiger partial charge >= 0.3 is 12.4 Å². The molecule has 3 rings (SSSR count). The Bertz CT molecular complexity index is 934. The van der Waals surface area contributed by atoms with Crippen LogP contribution >= 0.6 is 0 Å². The van der Waals surface area contributed by atoms with Crippen molar-refractivity contribution in [3.05, 3.63) is 54.4 Å². The summed E-state index contributed by atoms with van der Waals surface area (Å²) in [4.78, 5) is 15.6. The van der Waals surface area contributed by atoms with E-state index >= 15 is 0 Å². The molecule has 3 aromatic rings. The predicted octanol–water partition coefficient (Wildman–Crippen LogP) is 5.66. The standard InChI is InChI=1S/C21H19F2NO4/c1-3-4-17(25)27-16-11-7-14(8-12-16)19-18(24-21(28-19)20(22)23)13-5-9-15(26-2)10-6-13/h5-12,20H,3-4H2,1-2H3. The smallest absolute Gasteiger partial charge is 0.313 e. The molecule has 1 heterocycles. The van der Waals surface area contributed by atoms with Crippen LogP contribution in [0.5, 0.6) is 11.5 Å². The molecular weight excluding hydrogens is 368 g/mol. The van der Waals surface area contributed by atoms with E-state index in [0.717, 1.165) is 0 Å². The highest BCUT2D eigenvalue weighted by Gasteiger charge is 2.22. The monoisotopic (exact) mass is 387 g/mol. The topological polar surface area (TPSA) is 61.6 Å². The molecule has 0 aliphatic heterocycles. The van der Waals surface area contributed by atoms with E-state index in [9.17, 15) is 13.6 Å². The fraction of sp³-hybridized carbons (Fsp3) is 0.238. The Balaban J connectivity index is 1.95. The molecule has 0 aliphatic carbocycles. The second-order valence-corrected chi connectivity index (χ2v) is 6.01. The Kier molecular flexibility index (Phi) is 6.03. The molecule has 146 valence electrons. The van der Waals surface area contributed by atoms with Crippen LogP contribution in [0.3, 0.4) is 0 Å². The highest BCUT2D eigenvalue weighted by Crippen LogP contribution is 2.36. The molecule has 0 saturated carbocycles. The quantitative estimate of drug-likeness (QED) is 0.387. The van der Waals surface area contributed by atoms with Gasteiger partial charge in [0.25, 0.3) is 5.89 Å². The first-order chi connectivity index (χ1) is 13.5. The van der Waals surface area contributed by atoms with Gasteiger partial charge in [-0.25, -0.2) is 4.98 Å². The van der Waals surface area contributed by atoms with Gasteiger partial charge < -0.3 is 13.9 Å². The summed E-state index contributed by atoms with van der Waals surface area (Å²) in [5, 5.41) is 0. The average molecular weight is 387 g/mol. The minimum absolute atomic E-state index is 0.215. The van der Waals surface area contributed by atoms with Crippen LogP contribution in [-0.4, -0.2) is 18.1 Å². The molecule has 0 bridgehead atoms. The number of nitrogens with zero attached hydrogens (tertiary/aromatic N) is 1. The van der Waals surface area contributed by atoms with Gasteiger partial charge in [-0.05, 0) is 55.0 Å². The molecular formula is C21H19F2NO4. The van der Waals surface area contributed by atoms with E-state index in [4.69, 9.17) is 13.9 Å². The van der Waals surface area contributed by atoms with E-state index in [2.05, 4.69) is 4.98 Å². The van der Waals surface area contributed by atoms with Crippen LogP contribution in [0.15, 0.2) is 52.9 Å². The Morgan fingerprint density at radius 3 is 2.21 bits per heavy atom. The van der Waals surface area contributed by atoms with Crippen LogP contribution in [0.4, 0.5) is 8.78 Å². The molecule has 1 aromatic heterocycles. The number of methoxy groups -OCH3 is 1. The fourth-order valence-electron chi connectivity index (χ4n) is 2.63. The molecule has 0 radical (unpaired) electrons. The Morgan fingerprint density at radius 1 is 1.04 bits per heavy atom. The number of benzene rings is 2. The number of esters is 1. The number of ether oxygens (including phenoxy) is 2. The largest absolute Gasteiger partial charge is 0.497 e. The molecule has 5 nitrogen and oxygen atoms in total. The highest BCUT2D eigenvalue weighted by atomic mass is 19.3. The molecule has 0 spiro atoms. The lowest BCUT2D eigenvalue weighted by molar-refractivity contribution is -0.134. The summed E-state index contributed by atoms with van der Waals surface area (Å²) in [6.07, 6.45) is -1.82. The SMILES string of the molecule is CCCC(=O)Oc1ccc(-c2oc(C(F)F)nc2-c2ccc(OC)cc2)cc1. The zero-order valence-corrected chi connectivity index (χ0v) is 15.4. The van der Waals surface area contributed by atoms with E-state index in [1.165, 1.54) is 0 Å². The summed E-state index contributed by atoms with van der Waals surface area (Å²) in [5.74, 6) is 0.253. The van der Waals surface area contributed by atoms with Crippen molar-refractivity contribution in [2.75, 3.05) is 7.11 Å². The van der Waals surface area contributed by atoms with Crippen molar-refractivity contribution in [3.8, 4) is 34.1 Å². The van der Waals surface area contributed by atoms with Gasteiger partial charge in [0, 0.05) is 17.5 Å². The Hall–Kier alpha value is -3.22. The second-order valence-electron chi connectivity index (χ2n) is 6.01. The van der Waals surface area contributed by atoms with E-state index < -0.39 is 12.3 Å². The van der Waals surface area contributed by atoms with Gasteiger partial charge in [-0.2, -0.15) is 8.78 Å². The number of aromatic nitrogens is 1. The van der Waals surface area contributed by atoms with Crippen LogP contribution in [0, 0.1) is 0 Å². The first-order valence-corrected chi connectivity index (χ1v) is 8.76. The van der Waals surface area contributed by atoms with Gasteiger partial charge in [0.2, 0.25) is 0 Å². The van der Waals surface area contributed by atoms with Crippen molar-refractivity contribution >= 4 is 5.97 Å².